The summed E-state index contributed by atoms with van der Waals surface area (Å²) in [5.41, 5.74) is 4.78. The van der Waals surface area contributed by atoms with Gasteiger partial charge in [0.05, 0.1) is 6.42 Å². The molecule has 1 N–H and O–H groups in total. The number of aryl methyl sites for hydroxylation is 1. The maximum atomic E-state index is 14.1. The Morgan fingerprint density at radius 2 is 2.03 bits per heavy atom. The van der Waals surface area contributed by atoms with Gasteiger partial charge in [0, 0.05) is 29.7 Å². The van der Waals surface area contributed by atoms with Crippen LogP contribution in [0.1, 0.15) is 48.2 Å². The van der Waals surface area contributed by atoms with Gasteiger partial charge in [-0.25, -0.2) is 9.18 Å². The van der Waals surface area contributed by atoms with Crippen molar-refractivity contribution in [3.05, 3.63) is 70.7 Å². The van der Waals surface area contributed by atoms with Crippen molar-refractivity contribution in [2.75, 3.05) is 7.05 Å². The van der Waals surface area contributed by atoms with E-state index in [0.717, 1.165) is 39.7 Å². The molecule has 0 saturated carbocycles. The molecule has 1 heterocycles. The third kappa shape index (κ3) is 4.01. The molecule has 2 aromatic carbocycles. The second-order valence-corrected chi connectivity index (χ2v) is 8.79. The summed E-state index contributed by atoms with van der Waals surface area (Å²) in [6.07, 6.45) is 2.78. The van der Waals surface area contributed by atoms with Gasteiger partial charge in [-0.1, -0.05) is 36.8 Å². The number of likely N-dealkylation sites (N-methyl/N-ethyl adjacent to an activating group) is 1. The van der Waals surface area contributed by atoms with E-state index in [9.17, 15) is 19.1 Å². The highest BCUT2D eigenvalue weighted by atomic mass is 19.1. The van der Waals surface area contributed by atoms with E-state index < -0.39 is 12.0 Å². The number of hydrogen-bond donors (Lipinski definition) is 1. The lowest BCUT2D eigenvalue weighted by molar-refractivity contribution is -0.141. The van der Waals surface area contributed by atoms with E-state index in [-0.39, 0.29) is 17.8 Å². The molecule has 6 heteroatoms. The van der Waals surface area contributed by atoms with Crippen molar-refractivity contribution < 1.29 is 19.1 Å². The smallest absolute Gasteiger partial charge is 0.326 e. The van der Waals surface area contributed by atoms with E-state index >= 15 is 0 Å². The van der Waals surface area contributed by atoms with Gasteiger partial charge in [-0.05, 0) is 61.9 Å². The summed E-state index contributed by atoms with van der Waals surface area (Å²) < 4.78 is 16.0. The molecule has 1 unspecified atom stereocenters. The van der Waals surface area contributed by atoms with Crippen molar-refractivity contribution in [3.63, 3.8) is 0 Å². The second-order valence-electron chi connectivity index (χ2n) is 8.79. The third-order valence-corrected chi connectivity index (χ3v) is 6.70. The summed E-state index contributed by atoms with van der Waals surface area (Å²) in [5, 5.41) is 10.5. The summed E-state index contributed by atoms with van der Waals surface area (Å²) in [6, 6.07) is 11.8. The lowest BCUT2D eigenvalue weighted by atomic mass is 9.90. The molecule has 1 amide bonds. The normalized spacial score (nSPS) is 16.6. The molecule has 0 aliphatic heterocycles. The van der Waals surface area contributed by atoms with Crippen LogP contribution in [0.4, 0.5) is 4.39 Å². The molecule has 32 heavy (non-hydrogen) atoms. The highest BCUT2D eigenvalue weighted by Gasteiger charge is 2.32. The molecular formula is C26H29FN2O3. The fourth-order valence-corrected chi connectivity index (χ4v) is 5.03. The SMILES string of the molecule is CCC(C(=O)O)n1c2c(c3cc(F)ccc31)C[C@@H](N(C)C(=O)Cc1cccc(C)c1)CC2. The summed E-state index contributed by atoms with van der Waals surface area (Å²) in [7, 11) is 1.83. The zero-order valence-corrected chi connectivity index (χ0v) is 18.8. The third-order valence-electron chi connectivity index (χ3n) is 6.70. The number of nitrogens with zero attached hydrogens (tertiary/aromatic N) is 2. The summed E-state index contributed by atoms with van der Waals surface area (Å²) in [4.78, 5) is 26.7. The van der Waals surface area contributed by atoms with Gasteiger partial charge in [0.1, 0.15) is 11.9 Å². The van der Waals surface area contributed by atoms with Crippen LogP contribution in [-0.4, -0.2) is 39.5 Å². The van der Waals surface area contributed by atoms with Crippen molar-refractivity contribution in [1.29, 1.82) is 0 Å². The number of halogens is 1. The second kappa shape index (κ2) is 8.77. The Balaban J connectivity index is 1.65. The Morgan fingerprint density at radius 1 is 1.25 bits per heavy atom. The van der Waals surface area contributed by atoms with Crippen LogP contribution in [-0.2, 0) is 28.9 Å². The number of carbonyl (C=O) groups is 2. The Labute approximate surface area is 187 Å². The lowest BCUT2D eigenvalue weighted by Gasteiger charge is -2.32. The lowest BCUT2D eigenvalue weighted by Crippen LogP contribution is -2.41. The van der Waals surface area contributed by atoms with E-state index in [1.54, 1.807) is 6.07 Å². The highest BCUT2D eigenvalue weighted by molar-refractivity contribution is 5.88. The van der Waals surface area contributed by atoms with Crippen LogP contribution in [0.15, 0.2) is 42.5 Å². The number of aliphatic carboxylic acids is 1. The monoisotopic (exact) mass is 436 g/mol. The molecule has 0 fully saturated rings. The summed E-state index contributed by atoms with van der Waals surface area (Å²) in [6.45, 7) is 3.86. The van der Waals surface area contributed by atoms with E-state index in [0.29, 0.717) is 25.7 Å². The molecule has 1 aliphatic rings. The molecule has 5 nitrogen and oxygen atoms in total. The zero-order chi connectivity index (χ0) is 23.0. The molecule has 0 bridgehead atoms. The van der Waals surface area contributed by atoms with Gasteiger partial charge >= 0.3 is 5.97 Å². The maximum Gasteiger partial charge on any atom is 0.326 e. The Kier molecular flexibility index (Phi) is 6.04. The summed E-state index contributed by atoms with van der Waals surface area (Å²) in [5.74, 6) is -1.17. The van der Waals surface area contributed by atoms with Gasteiger partial charge in [0.25, 0.3) is 0 Å². The minimum absolute atomic E-state index is 0.00738. The number of carbonyl (C=O) groups excluding carboxylic acids is 1. The molecule has 0 spiro atoms. The fraction of sp³-hybridized carbons (Fsp3) is 0.385. The topological polar surface area (TPSA) is 62.5 Å². The Morgan fingerprint density at radius 3 is 2.72 bits per heavy atom. The standard InChI is InChI=1S/C26H29FN2O3/c1-4-22(26(31)32)29-23-10-8-18(27)14-20(23)21-15-19(9-11-24(21)29)28(3)25(30)13-17-7-5-6-16(2)12-17/h5-8,10,12,14,19,22H,4,9,11,13,15H2,1-3H3,(H,31,32)/t19-,22?/m0/s1. The number of carboxylic acid groups (broad SMARTS) is 1. The molecule has 1 aliphatic carbocycles. The van der Waals surface area contributed by atoms with Crippen LogP contribution in [0.2, 0.25) is 0 Å². The first-order chi connectivity index (χ1) is 15.3. The van der Waals surface area contributed by atoms with Gasteiger partial charge in [-0.15, -0.1) is 0 Å². The molecule has 1 aromatic heterocycles. The predicted molar refractivity (Wildman–Crippen MR) is 122 cm³/mol. The van der Waals surface area contributed by atoms with Crippen LogP contribution in [0, 0.1) is 12.7 Å². The number of amides is 1. The average molecular weight is 437 g/mol. The average Bonchev–Trinajstić information content (AvgIpc) is 3.06. The molecular weight excluding hydrogens is 407 g/mol. The highest BCUT2D eigenvalue weighted by Crippen LogP contribution is 2.37. The van der Waals surface area contributed by atoms with Crippen LogP contribution >= 0.6 is 0 Å². The van der Waals surface area contributed by atoms with Gasteiger partial charge in [0.2, 0.25) is 5.91 Å². The van der Waals surface area contributed by atoms with Crippen molar-refractivity contribution in [2.45, 2.75) is 58.0 Å². The van der Waals surface area contributed by atoms with Crippen molar-refractivity contribution in [3.8, 4) is 0 Å². The minimum atomic E-state index is -0.885. The van der Waals surface area contributed by atoms with E-state index in [1.165, 1.54) is 12.1 Å². The number of fused-ring (bicyclic) bond motifs is 3. The van der Waals surface area contributed by atoms with E-state index in [2.05, 4.69) is 0 Å². The first-order valence-corrected chi connectivity index (χ1v) is 11.1. The number of aromatic nitrogens is 1. The molecule has 168 valence electrons. The number of benzene rings is 2. The Hall–Kier alpha value is -3.15. The number of hydrogen-bond acceptors (Lipinski definition) is 2. The van der Waals surface area contributed by atoms with E-state index in [1.807, 2.05) is 54.6 Å². The first-order valence-electron chi connectivity index (χ1n) is 11.1. The van der Waals surface area contributed by atoms with Crippen LogP contribution in [0.3, 0.4) is 0 Å². The predicted octanol–water partition coefficient (Wildman–Crippen LogP) is 4.68. The Bertz CT molecular complexity index is 1180. The van der Waals surface area contributed by atoms with Crippen LogP contribution in [0.5, 0.6) is 0 Å². The summed E-state index contributed by atoms with van der Waals surface area (Å²) >= 11 is 0. The first kappa shape index (κ1) is 22.1. The number of carboxylic acids is 1. The van der Waals surface area contributed by atoms with E-state index in [4.69, 9.17) is 0 Å². The maximum absolute atomic E-state index is 14.1. The molecule has 4 rings (SSSR count). The van der Waals surface area contributed by atoms with Crippen molar-refractivity contribution >= 4 is 22.8 Å². The zero-order valence-electron chi connectivity index (χ0n) is 18.8. The van der Waals surface area contributed by atoms with Crippen LogP contribution in [0.25, 0.3) is 10.9 Å². The quantitative estimate of drug-likeness (QED) is 0.610. The number of rotatable bonds is 6. The largest absolute Gasteiger partial charge is 0.480 e. The fourth-order valence-electron chi connectivity index (χ4n) is 5.03. The van der Waals surface area contributed by atoms with Crippen molar-refractivity contribution in [1.82, 2.24) is 9.47 Å². The molecule has 2 atom stereocenters. The van der Waals surface area contributed by atoms with Gasteiger partial charge < -0.3 is 14.6 Å². The van der Waals surface area contributed by atoms with Crippen LogP contribution < -0.4 is 0 Å². The molecule has 3 aromatic rings. The van der Waals surface area contributed by atoms with Crippen molar-refractivity contribution in [2.24, 2.45) is 0 Å². The minimum Gasteiger partial charge on any atom is -0.480 e. The molecule has 0 radical (unpaired) electrons. The van der Waals surface area contributed by atoms with Gasteiger partial charge in [-0.2, -0.15) is 0 Å². The van der Waals surface area contributed by atoms with Gasteiger partial charge in [-0.3, -0.25) is 4.79 Å². The van der Waals surface area contributed by atoms with Gasteiger partial charge in [0.15, 0.2) is 0 Å². The molecule has 0 saturated heterocycles.